The number of aliphatic hydroxyl groups excluding tert-OH is 2. The second-order valence-electron chi connectivity index (χ2n) is 8.82. The molecule has 1 aliphatic carbocycles. The van der Waals surface area contributed by atoms with Crippen molar-refractivity contribution in [1.29, 1.82) is 0 Å². The van der Waals surface area contributed by atoms with Gasteiger partial charge in [-0.05, 0) is 49.2 Å². The van der Waals surface area contributed by atoms with E-state index in [2.05, 4.69) is 6.58 Å². The molecule has 178 valence electrons. The highest BCUT2D eigenvalue weighted by molar-refractivity contribution is 5.94. The van der Waals surface area contributed by atoms with Crippen molar-refractivity contribution in [2.45, 2.75) is 76.9 Å². The second kappa shape index (κ2) is 10.8. The molecule has 0 bridgehead atoms. The van der Waals surface area contributed by atoms with Gasteiger partial charge < -0.3 is 10.2 Å². The zero-order valence-corrected chi connectivity index (χ0v) is 17.6. The third-order valence-electron chi connectivity index (χ3n) is 5.43. The van der Waals surface area contributed by atoms with Gasteiger partial charge in [-0.25, -0.2) is 0 Å². The minimum absolute atomic E-state index is 0.0516. The number of aliphatic hydroxyl groups is 2. The van der Waals surface area contributed by atoms with Gasteiger partial charge in [0.25, 0.3) is 0 Å². The lowest BCUT2D eigenvalue weighted by Crippen LogP contribution is -2.35. The minimum atomic E-state index is -5.38. The number of rotatable bonds is 9. The molecule has 1 rings (SSSR count). The molecule has 0 aromatic heterocycles. The van der Waals surface area contributed by atoms with E-state index in [1.807, 2.05) is 0 Å². The fraction of sp³-hybridized carbons (Fsp3) is 0.682. The summed E-state index contributed by atoms with van der Waals surface area (Å²) in [6.45, 7) is 7.21. The first kappa shape index (κ1) is 27.4. The van der Waals surface area contributed by atoms with Gasteiger partial charge in [0.1, 0.15) is 0 Å². The van der Waals surface area contributed by atoms with E-state index in [1.54, 1.807) is 19.9 Å². The number of carbonyl (C=O) groups excluding carboxylic acids is 1. The molecule has 0 amide bonds. The van der Waals surface area contributed by atoms with E-state index in [4.69, 9.17) is 0 Å². The summed E-state index contributed by atoms with van der Waals surface area (Å²) in [6.07, 6.45) is -6.34. The van der Waals surface area contributed by atoms with Gasteiger partial charge in [0, 0.05) is 12.3 Å². The lowest BCUT2D eigenvalue weighted by atomic mass is 9.79. The molecule has 0 heterocycles. The molecule has 0 aromatic rings. The second-order valence-corrected chi connectivity index (χ2v) is 8.82. The Labute approximate surface area is 178 Å². The molecule has 1 fully saturated rings. The normalized spacial score (nSPS) is 24.0. The van der Waals surface area contributed by atoms with Crippen LogP contribution in [0.15, 0.2) is 36.5 Å². The van der Waals surface area contributed by atoms with Crippen LogP contribution < -0.4 is 0 Å². The first-order valence-corrected chi connectivity index (χ1v) is 10.1. The number of allylic oxidation sites excluding steroid dienone is 4. The molecule has 9 heteroatoms. The number of hydrogen-bond acceptors (Lipinski definition) is 3. The molecule has 0 aromatic carbocycles. The highest BCUT2D eigenvalue weighted by Crippen LogP contribution is 2.40. The van der Waals surface area contributed by atoms with E-state index in [0.717, 1.165) is 6.08 Å². The molecule has 1 saturated carbocycles. The molecular formula is C22H30F6O3. The molecule has 3 nitrogen and oxygen atoms in total. The van der Waals surface area contributed by atoms with E-state index in [9.17, 15) is 41.4 Å². The van der Waals surface area contributed by atoms with Crippen LogP contribution in [0.25, 0.3) is 0 Å². The molecule has 31 heavy (non-hydrogen) atoms. The summed E-state index contributed by atoms with van der Waals surface area (Å²) in [5.41, 5.74) is -0.133. The molecule has 0 aliphatic heterocycles. The van der Waals surface area contributed by atoms with Gasteiger partial charge in [-0.15, -0.1) is 0 Å². The molecule has 1 unspecified atom stereocenters. The Morgan fingerprint density at radius 3 is 2.23 bits per heavy atom. The van der Waals surface area contributed by atoms with E-state index in [0.29, 0.717) is 24.8 Å². The van der Waals surface area contributed by atoms with E-state index in [1.165, 1.54) is 6.08 Å². The van der Waals surface area contributed by atoms with Gasteiger partial charge >= 0.3 is 12.4 Å². The van der Waals surface area contributed by atoms with Crippen LogP contribution in [0.5, 0.6) is 0 Å². The maximum Gasteiger partial charge on any atom is 0.403 e. The van der Waals surface area contributed by atoms with Crippen molar-refractivity contribution in [3.63, 3.8) is 0 Å². The molecule has 0 radical (unpaired) electrons. The zero-order valence-electron chi connectivity index (χ0n) is 17.6. The molecule has 0 saturated heterocycles. The lowest BCUT2D eigenvalue weighted by Gasteiger charge is -2.30. The van der Waals surface area contributed by atoms with E-state index >= 15 is 0 Å². The van der Waals surface area contributed by atoms with Gasteiger partial charge in [-0.1, -0.05) is 38.7 Å². The average molecular weight is 456 g/mol. The van der Waals surface area contributed by atoms with Crippen molar-refractivity contribution in [1.82, 2.24) is 0 Å². The number of alkyl halides is 6. The number of unbranched alkanes of at least 4 members (excludes halogenated alkanes) is 1. The third-order valence-corrected chi connectivity index (χ3v) is 5.43. The maximum atomic E-state index is 12.6. The maximum absolute atomic E-state index is 12.6. The van der Waals surface area contributed by atoms with E-state index < -0.39 is 41.8 Å². The zero-order chi connectivity index (χ0) is 24.0. The van der Waals surface area contributed by atoms with Crippen LogP contribution >= 0.6 is 0 Å². The predicted molar refractivity (Wildman–Crippen MR) is 105 cm³/mol. The Hall–Kier alpha value is -1.61. The van der Waals surface area contributed by atoms with E-state index in [-0.39, 0.29) is 31.1 Å². The van der Waals surface area contributed by atoms with Gasteiger partial charge in [0.05, 0.1) is 12.2 Å². The van der Waals surface area contributed by atoms with Gasteiger partial charge in [-0.3, -0.25) is 4.79 Å². The van der Waals surface area contributed by atoms with Crippen molar-refractivity contribution in [2.24, 2.45) is 17.3 Å². The van der Waals surface area contributed by atoms with Crippen LogP contribution in [-0.2, 0) is 4.79 Å². The topological polar surface area (TPSA) is 57.5 Å². The Kier molecular flexibility index (Phi) is 9.56. The quantitative estimate of drug-likeness (QED) is 0.203. The summed E-state index contributed by atoms with van der Waals surface area (Å²) in [6, 6.07) is 0. The largest absolute Gasteiger partial charge is 0.403 e. The third kappa shape index (κ3) is 9.19. The van der Waals surface area contributed by atoms with Gasteiger partial charge in [0.2, 0.25) is 0 Å². The van der Waals surface area contributed by atoms with Crippen molar-refractivity contribution >= 4 is 5.78 Å². The van der Waals surface area contributed by atoms with Crippen molar-refractivity contribution < 1.29 is 41.4 Å². The molecule has 2 N–H and O–H groups in total. The Bertz CT molecular complexity index is 662. The average Bonchev–Trinajstić information content (AvgIpc) is 2.59. The van der Waals surface area contributed by atoms with Crippen molar-refractivity contribution in [3.8, 4) is 0 Å². The Morgan fingerprint density at radius 1 is 1.10 bits per heavy atom. The van der Waals surface area contributed by atoms with Crippen LogP contribution in [0.3, 0.4) is 0 Å². The van der Waals surface area contributed by atoms with Crippen LogP contribution in [-0.4, -0.2) is 40.6 Å². The highest BCUT2D eigenvalue weighted by Gasteiger charge is 2.54. The van der Waals surface area contributed by atoms with Crippen molar-refractivity contribution in [2.75, 3.05) is 0 Å². The van der Waals surface area contributed by atoms with Crippen molar-refractivity contribution in [3.05, 3.63) is 36.5 Å². The summed E-state index contributed by atoms with van der Waals surface area (Å²) >= 11 is 0. The smallest absolute Gasteiger partial charge is 0.393 e. The SMILES string of the molecule is C=C1C(C(=O)C=CCCCC(C)(C)CC=CC(C(F)(F)F)C(F)(F)F)C[C@@H](O)C[C@@H]1O. The lowest BCUT2D eigenvalue weighted by molar-refractivity contribution is -0.267. The summed E-state index contributed by atoms with van der Waals surface area (Å²) in [5.74, 6) is -4.39. The number of hydrogen-bond donors (Lipinski definition) is 2. The standard InChI is InChI=1S/C22H30F6O3/c1-14-16(12-15(29)13-18(14)31)17(30)8-5-4-6-10-20(2,3)11-7-9-19(21(23,24)25)22(26,27)28/h5,7-9,15-16,18-19,29,31H,1,4,6,10-13H2,2-3H3/t15-,16?,18+/m1/s1. The minimum Gasteiger partial charge on any atom is -0.393 e. The summed E-state index contributed by atoms with van der Waals surface area (Å²) in [5, 5.41) is 19.5. The van der Waals surface area contributed by atoms with Crippen LogP contribution in [0.1, 0.15) is 52.4 Å². The molecule has 1 aliphatic rings. The fourth-order valence-electron chi connectivity index (χ4n) is 3.50. The van der Waals surface area contributed by atoms with Crippen LogP contribution in [0, 0.1) is 17.3 Å². The Morgan fingerprint density at radius 2 is 1.68 bits per heavy atom. The number of halogens is 6. The summed E-state index contributed by atoms with van der Waals surface area (Å²) < 4.78 is 75.3. The van der Waals surface area contributed by atoms with Gasteiger partial charge in [0.15, 0.2) is 11.7 Å². The monoisotopic (exact) mass is 456 g/mol. The van der Waals surface area contributed by atoms with Gasteiger partial charge in [-0.2, -0.15) is 26.3 Å². The summed E-state index contributed by atoms with van der Waals surface area (Å²) in [4.78, 5) is 12.3. The molecule has 3 atom stereocenters. The predicted octanol–water partition coefficient (Wildman–Crippen LogP) is 5.68. The molecular weight excluding hydrogens is 426 g/mol. The summed E-state index contributed by atoms with van der Waals surface area (Å²) in [7, 11) is 0. The molecule has 0 spiro atoms. The first-order chi connectivity index (χ1) is 14.0. The Balaban J connectivity index is 2.50. The number of carbonyl (C=O) groups is 1. The fourth-order valence-corrected chi connectivity index (χ4v) is 3.50. The number of ketones is 1. The van der Waals surface area contributed by atoms with Crippen LogP contribution in [0.2, 0.25) is 0 Å². The highest BCUT2D eigenvalue weighted by atomic mass is 19.4. The van der Waals surface area contributed by atoms with Crippen LogP contribution in [0.4, 0.5) is 26.3 Å². The first-order valence-electron chi connectivity index (χ1n) is 10.1.